The SMILES string of the molecule is CNc1nc(Cl)nc2c1CCN2c1ccccc1. The predicted molar refractivity (Wildman–Crippen MR) is 73.7 cm³/mol. The molecule has 1 aliphatic rings. The number of hydrogen-bond acceptors (Lipinski definition) is 4. The van der Waals surface area contributed by atoms with Gasteiger partial charge in [0.2, 0.25) is 5.28 Å². The molecule has 0 radical (unpaired) electrons. The maximum Gasteiger partial charge on any atom is 0.226 e. The minimum absolute atomic E-state index is 0.279. The van der Waals surface area contributed by atoms with Crippen molar-refractivity contribution in [2.24, 2.45) is 0 Å². The van der Waals surface area contributed by atoms with Crippen LogP contribution in [0.1, 0.15) is 5.56 Å². The first-order chi connectivity index (χ1) is 8.79. The highest BCUT2D eigenvalue weighted by molar-refractivity contribution is 6.28. The van der Waals surface area contributed by atoms with Gasteiger partial charge in [0, 0.05) is 24.8 Å². The zero-order valence-corrected chi connectivity index (χ0v) is 10.8. The van der Waals surface area contributed by atoms with E-state index < -0.39 is 0 Å². The van der Waals surface area contributed by atoms with Crippen molar-refractivity contribution >= 4 is 28.9 Å². The summed E-state index contributed by atoms with van der Waals surface area (Å²) in [5.74, 6) is 1.73. The van der Waals surface area contributed by atoms with Gasteiger partial charge in [0.15, 0.2) is 0 Å². The van der Waals surface area contributed by atoms with Gasteiger partial charge >= 0.3 is 0 Å². The molecule has 2 aromatic rings. The van der Waals surface area contributed by atoms with Crippen molar-refractivity contribution in [3.8, 4) is 0 Å². The van der Waals surface area contributed by atoms with Crippen molar-refractivity contribution in [1.29, 1.82) is 0 Å². The summed E-state index contributed by atoms with van der Waals surface area (Å²) in [7, 11) is 1.85. The van der Waals surface area contributed by atoms with Crippen LogP contribution in [0.3, 0.4) is 0 Å². The largest absolute Gasteiger partial charge is 0.373 e. The quantitative estimate of drug-likeness (QED) is 0.843. The number of para-hydroxylation sites is 1. The minimum Gasteiger partial charge on any atom is -0.373 e. The first kappa shape index (κ1) is 11.3. The Morgan fingerprint density at radius 3 is 2.72 bits per heavy atom. The van der Waals surface area contributed by atoms with E-state index in [2.05, 4.69) is 32.3 Å². The van der Waals surface area contributed by atoms with E-state index >= 15 is 0 Å². The molecule has 0 amide bonds. The summed E-state index contributed by atoms with van der Waals surface area (Å²) in [5, 5.41) is 3.36. The maximum atomic E-state index is 5.97. The molecule has 1 N–H and O–H groups in total. The van der Waals surface area contributed by atoms with Crippen LogP contribution in [0.2, 0.25) is 5.28 Å². The number of aromatic nitrogens is 2. The van der Waals surface area contributed by atoms with Gasteiger partial charge in [-0.2, -0.15) is 4.98 Å². The Bertz CT molecular complexity index is 571. The average Bonchev–Trinajstić information content (AvgIpc) is 2.82. The van der Waals surface area contributed by atoms with Gasteiger partial charge in [-0.1, -0.05) is 18.2 Å². The molecule has 0 spiro atoms. The fourth-order valence-electron chi connectivity index (χ4n) is 2.29. The van der Waals surface area contributed by atoms with E-state index in [1.165, 1.54) is 0 Å². The summed E-state index contributed by atoms with van der Waals surface area (Å²) >= 11 is 5.97. The van der Waals surface area contributed by atoms with Gasteiger partial charge in [-0.25, -0.2) is 4.98 Å². The zero-order chi connectivity index (χ0) is 12.5. The van der Waals surface area contributed by atoms with Crippen molar-refractivity contribution < 1.29 is 0 Å². The molecule has 0 bridgehead atoms. The zero-order valence-electron chi connectivity index (χ0n) is 10.0. The molecule has 0 saturated carbocycles. The molecule has 92 valence electrons. The first-order valence-corrected chi connectivity index (χ1v) is 6.24. The summed E-state index contributed by atoms with van der Waals surface area (Å²) in [6.07, 6.45) is 0.928. The molecule has 0 saturated heterocycles. The van der Waals surface area contributed by atoms with E-state index in [1.54, 1.807) is 0 Å². The molecule has 1 aromatic heterocycles. The number of nitrogens with zero attached hydrogens (tertiary/aromatic N) is 3. The summed E-state index contributed by atoms with van der Waals surface area (Å²) in [4.78, 5) is 10.7. The van der Waals surface area contributed by atoms with Crippen molar-refractivity contribution in [1.82, 2.24) is 9.97 Å². The van der Waals surface area contributed by atoms with E-state index in [0.29, 0.717) is 0 Å². The Labute approximate surface area is 111 Å². The lowest BCUT2D eigenvalue weighted by molar-refractivity contribution is 0.990. The van der Waals surface area contributed by atoms with Crippen LogP contribution in [0.15, 0.2) is 30.3 Å². The van der Waals surface area contributed by atoms with E-state index in [-0.39, 0.29) is 5.28 Å². The van der Waals surface area contributed by atoms with Crippen molar-refractivity contribution in [2.45, 2.75) is 6.42 Å². The number of halogens is 1. The third-order valence-corrected chi connectivity index (χ3v) is 3.27. The molecular weight excluding hydrogens is 248 g/mol. The standard InChI is InChI=1S/C13H13ClN4/c1-15-11-10-7-8-18(9-5-3-2-4-6-9)12(10)17-13(14)16-11/h2-6H,7-8H2,1H3,(H,15,16,17). The molecule has 3 rings (SSSR count). The monoisotopic (exact) mass is 260 g/mol. The van der Waals surface area contributed by atoms with Gasteiger partial charge in [0.1, 0.15) is 11.6 Å². The van der Waals surface area contributed by atoms with Crippen LogP contribution in [0, 0.1) is 0 Å². The number of rotatable bonds is 2. The molecule has 18 heavy (non-hydrogen) atoms. The maximum absolute atomic E-state index is 5.97. The molecule has 1 aromatic carbocycles. The summed E-state index contributed by atoms with van der Waals surface area (Å²) < 4.78 is 0. The van der Waals surface area contributed by atoms with Crippen LogP contribution in [-0.2, 0) is 6.42 Å². The van der Waals surface area contributed by atoms with Gasteiger partial charge in [0.05, 0.1) is 0 Å². The molecule has 1 aliphatic heterocycles. The van der Waals surface area contributed by atoms with Gasteiger partial charge in [-0.3, -0.25) is 0 Å². The number of hydrogen-bond donors (Lipinski definition) is 1. The van der Waals surface area contributed by atoms with E-state index in [1.807, 2.05) is 25.2 Å². The molecule has 0 aliphatic carbocycles. The summed E-state index contributed by atoms with van der Waals surface area (Å²) in [6, 6.07) is 10.2. The van der Waals surface area contributed by atoms with E-state index in [4.69, 9.17) is 11.6 Å². The van der Waals surface area contributed by atoms with E-state index in [0.717, 1.165) is 35.9 Å². The second-order valence-electron chi connectivity index (χ2n) is 4.13. The second kappa shape index (κ2) is 4.46. The van der Waals surface area contributed by atoms with Crippen LogP contribution >= 0.6 is 11.6 Å². The smallest absolute Gasteiger partial charge is 0.226 e. The Kier molecular flexibility index (Phi) is 2.80. The van der Waals surface area contributed by atoms with Crippen molar-refractivity contribution in [3.05, 3.63) is 41.2 Å². The predicted octanol–water partition coefficient (Wildman–Crippen LogP) is 2.87. The number of anilines is 3. The summed E-state index contributed by atoms with van der Waals surface area (Å²) in [6.45, 7) is 0.906. The van der Waals surface area contributed by atoms with Gasteiger partial charge in [-0.15, -0.1) is 0 Å². The highest BCUT2D eigenvalue weighted by atomic mass is 35.5. The lowest BCUT2D eigenvalue weighted by Crippen LogP contribution is -2.14. The second-order valence-corrected chi connectivity index (χ2v) is 4.47. The third-order valence-electron chi connectivity index (χ3n) is 3.10. The van der Waals surface area contributed by atoms with Crippen molar-refractivity contribution in [3.63, 3.8) is 0 Å². The molecule has 5 heteroatoms. The van der Waals surface area contributed by atoms with Crippen LogP contribution < -0.4 is 10.2 Å². The molecule has 0 unspecified atom stereocenters. The Hall–Kier alpha value is -1.81. The molecule has 4 nitrogen and oxygen atoms in total. The number of benzene rings is 1. The Morgan fingerprint density at radius 1 is 1.22 bits per heavy atom. The van der Waals surface area contributed by atoms with Gasteiger partial charge in [0.25, 0.3) is 0 Å². The lowest BCUT2D eigenvalue weighted by Gasteiger charge is -2.18. The molecular formula is C13H13ClN4. The van der Waals surface area contributed by atoms with Gasteiger partial charge in [-0.05, 0) is 30.2 Å². The first-order valence-electron chi connectivity index (χ1n) is 5.86. The highest BCUT2D eigenvalue weighted by Crippen LogP contribution is 2.36. The summed E-state index contributed by atoms with van der Waals surface area (Å²) in [5.41, 5.74) is 2.26. The fraction of sp³-hybridized carbons (Fsp3) is 0.231. The van der Waals surface area contributed by atoms with Crippen LogP contribution in [0.25, 0.3) is 0 Å². The lowest BCUT2D eigenvalue weighted by atomic mass is 10.2. The molecule has 2 heterocycles. The van der Waals surface area contributed by atoms with E-state index in [9.17, 15) is 0 Å². The number of fused-ring (bicyclic) bond motifs is 1. The fourth-order valence-corrected chi connectivity index (χ4v) is 2.46. The van der Waals surface area contributed by atoms with Crippen LogP contribution in [0.4, 0.5) is 17.3 Å². The van der Waals surface area contributed by atoms with Gasteiger partial charge < -0.3 is 10.2 Å². The average molecular weight is 261 g/mol. The topological polar surface area (TPSA) is 41.1 Å². The number of nitrogens with one attached hydrogen (secondary N) is 1. The third kappa shape index (κ3) is 1.78. The minimum atomic E-state index is 0.279. The molecule has 0 fully saturated rings. The molecule has 0 atom stereocenters. The van der Waals surface area contributed by atoms with Crippen LogP contribution in [-0.4, -0.2) is 23.6 Å². The normalized spacial score (nSPS) is 13.6. The Balaban J connectivity index is 2.09. The Morgan fingerprint density at radius 2 is 2.00 bits per heavy atom. The van der Waals surface area contributed by atoms with Crippen molar-refractivity contribution in [2.75, 3.05) is 23.8 Å². The highest BCUT2D eigenvalue weighted by Gasteiger charge is 2.25. The van der Waals surface area contributed by atoms with Crippen LogP contribution in [0.5, 0.6) is 0 Å².